The Morgan fingerprint density at radius 2 is 2.04 bits per heavy atom. The summed E-state index contributed by atoms with van der Waals surface area (Å²) in [5.74, 6) is 0. The number of imidazole rings is 1. The molecule has 2 N–H and O–H groups in total. The van der Waals surface area contributed by atoms with Crippen molar-refractivity contribution in [1.29, 1.82) is 0 Å². The maximum atomic E-state index is 12.4. The third kappa shape index (κ3) is 5.33. The number of hydrogen-bond donors (Lipinski definition) is 2. The Morgan fingerprint density at radius 3 is 2.73 bits per heavy atom. The molecule has 2 heterocycles. The third-order valence-electron chi connectivity index (χ3n) is 4.71. The van der Waals surface area contributed by atoms with Gasteiger partial charge in [-0.3, -0.25) is 0 Å². The van der Waals surface area contributed by atoms with Gasteiger partial charge in [-0.2, -0.15) is 0 Å². The van der Waals surface area contributed by atoms with Crippen LogP contribution in [0.25, 0.3) is 0 Å². The highest BCUT2D eigenvalue weighted by Gasteiger charge is 2.22. The zero-order valence-electron chi connectivity index (χ0n) is 15.7. The summed E-state index contributed by atoms with van der Waals surface area (Å²) in [6, 6.07) is 9.38. The predicted molar refractivity (Wildman–Crippen MR) is 103 cm³/mol. The minimum Gasteiger partial charge on any atom is -0.334 e. The molecule has 1 saturated heterocycles. The number of amides is 2. The number of aromatic nitrogens is 2. The molecule has 0 bridgehead atoms. The van der Waals surface area contributed by atoms with Crippen LogP contribution in [0, 0.1) is 0 Å². The Bertz CT molecular complexity index is 690. The average Bonchev–Trinajstić information content (AvgIpc) is 3.13. The van der Waals surface area contributed by atoms with Gasteiger partial charge in [0, 0.05) is 50.7 Å². The molecule has 1 fully saturated rings. The summed E-state index contributed by atoms with van der Waals surface area (Å²) < 4.78 is 2.03. The van der Waals surface area contributed by atoms with E-state index in [1.807, 2.05) is 28.1 Å². The molecular formula is C20H29N5O. The summed E-state index contributed by atoms with van der Waals surface area (Å²) in [7, 11) is 0. The van der Waals surface area contributed by atoms with Gasteiger partial charge in [-0.05, 0) is 24.0 Å². The molecular weight excluding hydrogens is 326 g/mol. The number of rotatable bonds is 6. The van der Waals surface area contributed by atoms with Crippen LogP contribution < -0.4 is 10.6 Å². The molecule has 1 aromatic carbocycles. The average molecular weight is 355 g/mol. The normalized spacial score (nSPS) is 15.4. The summed E-state index contributed by atoms with van der Waals surface area (Å²) in [6.45, 7) is 7.31. The smallest absolute Gasteiger partial charge is 0.317 e. The summed E-state index contributed by atoms with van der Waals surface area (Å²) >= 11 is 0. The Morgan fingerprint density at radius 1 is 1.27 bits per heavy atom. The highest BCUT2D eigenvalue weighted by Crippen LogP contribution is 2.12. The van der Waals surface area contributed by atoms with Crippen LogP contribution in [0.2, 0.25) is 0 Å². The van der Waals surface area contributed by atoms with E-state index in [9.17, 15) is 4.79 Å². The van der Waals surface area contributed by atoms with E-state index in [-0.39, 0.29) is 6.03 Å². The Labute approximate surface area is 155 Å². The summed E-state index contributed by atoms with van der Waals surface area (Å²) in [5, 5.41) is 6.62. The van der Waals surface area contributed by atoms with E-state index >= 15 is 0 Å². The monoisotopic (exact) mass is 355 g/mol. The van der Waals surface area contributed by atoms with Crippen molar-refractivity contribution in [3.63, 3.8) is 0 Å². The van der Waals surface area contributed by atoms with Crippen molar-refractivity contribution in [3.8, 4) is 0 Å². The molecule has 6 heteroatoms. The van der Waals surface area contributed by atoms with E-state index in [4.69, 9.17) is 0 Å². The molecule has 0 saturated carbocycles. The fourth-order valence-corrected chi connectivity index (χ4v) is 3.44. The zero-order chi connectivity index (χ0) is 18.4. The van der Waals surface area contributed by atoms with Crippen LogP contribution >= 0.6 is 0 Å². The molecule has 6 nitrogen and oxygen atoms in total. The molecule has 0 unspecified atom stereocenters. The molecule has 3 rings (SSSR count). The molecule has 0 aliphatic carbocycles. The number of hydrogen-bond acceptors (Lipinski definition) is 3. The molecule has 2 aromatic rings. The lowest BCUT2D eigenvalue weighted by molar-refractivity contribution is 0.174. The first kappa shape index (κ1) is 18.5. The molecule has 0 spiro atoms. The summed E-state index contributed by atoms with van der Waals surface area (Å²) in [5.41, 5.74) is 2.32. The van der Waals surface area contributed by atoms with Crippen LogP contribution in [0.4, 0.5) is 4.79 Å². The molecule has 140 valence electrons. The van der Waals surface area contributed by atoms with E-state index in [0.717, 1.165) is 38.0 Å². The van der Waals surface area contributed by atoms with Crippen molar-refractivity contribution >= 4 is 6.03 Å². The second-order valence-electron chi connectivity index (χ2n) is 7.30. The number of nitrogens with zero attached hydrogens (tertiary/aromatic N) is 3. The van der Waals surface area contributed by atoms with E-state index in [2.05, 4.69) is 47.7 Å². The van der Waals surface area contributed by atoms with Crippen molar-refractivity contribution in [2.45, 2.75) is 51.9 Å². The largest absolute Gasteiger partial charge is 0.334 e. The van der Waals surface area contributed by atoms with Crippen LogP contribution in [0.3, 0.4) is 0 Å². The number of benzene rings is 1. The van der Waals surface area contributed by atoms with Crippen molar-refractivity contribution in [2.24, 2.45) is 0 Å². The molecule has 1 aromatic heterocycles. The number of urea groups is 1. The van der Waals surface area contributed by atoms with Gasteiger partial charge in [0.25, 0.3) is 0 Å². The fourth-order valence-electron chi connectivity index (χ4n) is 3.44. The molecule has 0 atom stereocenters. The number of carbonyl (C=O) groups is 1. The Kier molecular flexibility index (Phi) is 6.28. The van der Waals surface area contributed by atoms with E-state index in [1.54, 1.807) is 6.20 Å². The standard InChI is InChI=1S/C20H29N5O/c1-16(2)23-19-6-9-25(10-7-19)20(26)22-13-17-4-3-5-18(12-17)14-24-11-8-21-15-24/h3-5,8,11-12,15-16,19,23H,6-7,9-10,13-14H2,1-2H3,(H,22,26). The number of piperidine rings is 1. The maximum absolute atomic E-state index is 12.4. The first-order chi connectivity index (χ1) is 12.6. The lowest BCUT2D eigenvalue weighted by Gasteiger charge is -2.33. The Balaban J connectivity index is 1.46. The molecule has 2 amide bonds. The van der Waals surface area contributed by atoms with Gasteiger partial charge in [-0.15, -0.1) is 0 Å². The van der Waals surface area contributed by atoms with Gasteiger partial charge in [-0.1, -0.05) is 38.1 Å². The van der Waals surface area contributed by atoms with Crippen molar-refractivity contribution in [3.05, 3.63) is 54.1 Å². The summed E-state index contributed by atoms with van der Waals surface area (Å²) in [6.07, 6.45) is 7.58. The highest BCUT2D eigenvalue weighted by molar-refractivity contribution is 5.74. The third-order valence-corrected chi connectivity index (χ3v) is 4.71. The van der Waals surface area contributed by atoms with Gasteiger partial charge >= 0.3 is 6.03 Å². The number of likely N-dealkylation sites (tertiary alicyclic amines) is 1. The van der Waals surface area contributed by atoms with Gasteiger partial charge in [0.1, 0.15) is 0 Å². The Hall–Kier alpha value is -2.34. The number of nitrogens with one attached hydrogen (secondary N) is 2. The fraction of sp³-hybridized carbons (Fsp3) is 0.500. The van der Waals surface area contributed by atoms with Gasteiger partial charge in [0.2, 0.25) is 0 Å². The second-order valence-corrected chi connectivity index (χ2v) is 7.30. The second kappa shape index (κ2) is 8.85. The van der Waals surface area contributed by atoms with Crippen molar-refractivity contribution in [2.75, 3.05) is 13.1 Å². The van der Waals surface area contributed by atoms with Gasteiger partial charge < -0.3 is 20.1 Å². The van der Waals surface area contributed by atoms with Crippen LogP contribution in [0.5, 0.6) is 0 Å². The summed E-state index contributed by atoms with van der Waals surface area (Å²) in [4.78, 5) is 18.4. The van der Waals surface area contributed by atoms with Crippen LogP contribution in [-0.4, -0.2) is 45.7 Å². The highest BCUT2D eigenvalue weighted by atomic mass is 16.2. The lowest BCUT2D eigenvalue weighted by atomic mass is 10.0. The molecule has 0 radical (unpaired) electrons. The minimum atomic E-state index is 0.0352. The first-order valence-electron chi connectivity index (χ1n) is 9.42. The van der Waals surface area contributed by atoms with Crippen LogP contribution in [0.1, 0.15) is 37.8 Å². The van der Waals surface area contributed by atoms with Crippen molar-refractivity contribution in [1.82, 2.24) is 25.1 Å². The zero-order valence-corrected chi connectivity index (χ0v) is 15.7. The van der Waals surface area contributed by atoms with E-state index in [1.165, 1.54) is 5.56 Å². The quantitative estimate of drug-likeness (QED) is 0.837. The van der Waals surface area contributed by atoms with Gasteiger partial charge in [0.15, 0.2) is 0 Å². The van der Waals surface area contributed by atoms with Crippen LogP contribution in [-0.2, 0) is 13.1 Å². The SMILES string of the molecule is CC(C)NC1CCN(C(=O)NCc2cccc(Cn3ccnc3)c2)CC1. The number of carbonyl (C=O) groups excluding carboxylic acids is 1. The van der Waals surface area contributed by atoms with E-state index < -0.39 is 0 Å². The van der Waals surface area contributed by atoms with Gasteiger partial charge in [-0.25, -0.2) is 9.78 Å². The maximum Gasteiger partial charge on any atom is 0.317 e. The first-order valence-corrected chi connectivity index (χ1v) is 9.42. The topological polar surface area (TPSA) is 62.2 Å². The van der Waals surface area contributed by atoms with Gasteiger partial charge in [0.05, 0.1) is 6.33 Å². The molecule has 1 aliphatic heterocycles. The van der Waals surface area contributed by atoms with E-state index in [0.29, 0.717) is 18.6 Å². The molecule has 1 aliphatic rings. The lowest BCUT2D eigenvalue weighted by Crippen LogP contribution is -2.49. The predicted octanol–water partition coefficient (Wildman–Crippen LogP) is 2.60. The van der Waals surface area contributed by atoms with Crippen molar-refractivity contribution < 1.29 is 4.79 Å². The van der Waals surface area contributed by atoms with Crippen LogP contribution in [0.15, 0.2) is 43.0 Å². The minimum absolute atomic E-state index is 0.0352. The molecule has 26 heavy (non-hydrogen) atoms.